The van der Waals surface area contributed by atoms with Crippen LogP contribution in [0.5, 0.6) is 5.75 Å². The van der Waals surface area contributed by atoms with Crippen molar-refractivity contribution >= 4 is 47.0 Å². The van der Waals surface area contributed by atoms with Crippen LogP contribution >= 0.6 is 19.2 Å². The number of alkyl halides is 3. The number of anilines is 1. The minimum atomic E-state index is -4.52. The van der Waals surface area contributed by atoms with E-state index in [-0.39, 0.29) is 24.7 Å². The molecule has 0 aliphatic carbocycles. The zero-order valence-electron chi connectivity index (χ0n) is 21.7. The fourth-order valence-electron chi connectivity index (χ4n) is 4.37. The highest BCUT2D eigenvalue weighted by Crippen LogP contribution is 2.48. The van der Waals surface area contributed by atoms with Gasteiger partial charge in [-0.2, -0.15) is 18.2 Å². The summed E-state index contributed by atoms with van der Waals surface area (Å²) in [7, 11) is -1.66. The average Bonchev–Trinajstić information content (AvgIpc) is 3.19. The second-order valence-corrected chi connectivity index (χ2v) is 11.2. The van der Waals surface area contributed by atoms with Gasteiger partial charge in [-0.05, 0) is 67.8 Å². The van der Waals surface area contributed by atoms with Crippen molar-refractivity contribution in [3.8, 4) is 5.75 Å². The van der Waals surface area contributed by atoms with E-state index >= 15 is 0 Å². The summed E-state index contributed by atoms with van der Waals surface area (Å²) in [5.74, 6) is 1.04. The Balaban J connectivity index is 1.76. The van der Waals surface area contributed by atoms with Crippen LogP contribution in [0.3, 0.4) is 0 Å². The van der Waals surface area contributed by atoms with Gasteiger partial charge in [0.1, 0.15) is 16.8 Å². The van der Waals surface area contributed by atoms with Gasteiger partial charge in [-0.15, -0.1) is 0 Å². The highest BCUT2D eigenvalue weighted by atomic mass is 35.5. The van der Waals surface area contributed by atoms with Crippen LogP contribution in [0.1, 0.15) is 31.4 Å². The molecule has 1 N–H and O–H groups in total. The first-order valence-electron chi connectivity index (χ1n) is 12.4. The molecule has 0 bridgehead atoms. The first kappa shape index (κ1) is 29.1. The Morgan fingerprint density at radius 3 is 2.36 bits per heavy atom. The highest BCUT2D eigenvalue weighted by Gasteiger charge is 2.31. The van der Waals surface area contributed by atoms with Gasteiger partial charge in [0.25, 0.3) is 0 Å². The van der Waals surface area contributed by atoms with Gasteiger partial charge in [0, 0.05) is 18.5 Å². The molecular formula is C26H29ClF3N4O4P. The van der Waals surface area contributed by atoms with Crippen molar-refractivity contribution in [3.05, 3.63) is 58.9 Å². The zero-order chi connectivity index (χ0) is 28.2. The molecule has 0 unspecified atom stereocenters. The van der Waals surface area contributed by atoms with Crippen LogP contribution < -0.4 is 10.1 Å². The highest BCUT2D eigenvalue weighted by molar-refractivity contribution is 7.53. The number of benzene rings is 2. The molecule has 0 saturated heterocycles. The van der Waals surface area contributed by atoms with Crippen LogP contribution in [0.4, 0.5) is 19.0 Å². The number of methoxy groups -OCH3 is 1. The number of ether oxygens (including phenoxy) is 1. The van der Waals surface area contributed by atoms with Crippen molar-refractivity contribution in [2.75, 3.05) is 38.3 Å². The molecule has 0 radical (unpaired) electrons. The van der Waals surface area contributed by atoms with Crippen LogP contribution in [-0.4, -0.2) is 47.6 Å². The lowest BCUT2D eigenvalue weighted by atomic mass is 10.1. The van der Waals surface area contributed by atoms with Crippen molar-refractivity contribution < 1.29 is 31.5 Å². The number of fused-ring (bicyclic) bond motifs is 3. The van der Waals surface area contributed by atoms with Gasteiger partial charge in [-0.25, -0.2) is 4.98 Å². The van der Waals surface area contributed by atoms with Gasteiger partial charge in [-0.1, -0.05) is 12.1 Å². The Morgan fingerprint density at radius 1 is 1.05 bits per heavy atom. The number of halogens is 4. The fraction of sp³-hybridized carbons (Fsp3) is 0.385. The molecule has 210 valence electrons. The molecule has 0 spiro atoms. The molecule has 0 fully saturated rings. The maximum absolute atomic E-state index is 13.6. The van der Waals surface area contributed by atoms with E-state index in [4.69, 9.17) is 25.4 Å². The van der Waals surface area contributed by atoms with Crippen LogP contribution in [0, 0.1) is 0 Å². The van der Waals surface area contributed by atoms with Gasteiger partial charge < -0.3 is 23.7 Å². The van der Waals surface area contributed by atoms with Crippen molar-refractivity contribution in [2.45, 2.75) is 33.0 Å². The molecule has 0 saturated carbocycles. The van der Waals surface area contributed by atoms with E-state index in [0.29, 0.717) is 53.0 Å². The smallest absolute Gasteiger partial charge is 0.416 e. The molecule has 13 heteroatoms. The van der Waals surface area contributed by atoms with E-state index in [1.807, 2.05) is 28.8 Å². The number of aromatic nitrogens is 3. The van der Waals surface area contributed by atoms with Crippen LogP contribution in [0.25, 0.3) is 21.9 Å². The summed E-state index contributed by atoms with van der Waals surface area (Å²) in [5.41, 5.74) is 1.45. The molecule has 4 rings (SSSR count). The third-order valence-electron chi connectivity index (χ3n) is 6.05. The van der Waals surface area contributed by atoms with Crippen molar-refractivity contribution in [1.29, 1.82) is 0 Å². The van der Waals surface area contributed by atoms with E-state index in [0.717, 1.165) is 17.7 Å². The van der Waals surface area contributed by atoms with Crippen molar-refractivity contribution in [3.63, 3.8) is 0 Å². The van der Waals surface area contributed by atoms with E-state index in [9.17, 15) is 17.7 Å². The summed E-state index contributed by atoms with van der Waals surface area (Å²) in [6.45, 7) is 4.69. The predicted octanol–water partition coefficient (Wildman–Crippen LogP) is 7.38. The van der Waals surface area contributed by atoms with Crippen LogP contribution in [0.2, 0.25) is 5.28 Å². The molecule has 0 aliphatic rings. The lowest BCUT2D eigenvalue weighted by Gasteiger charge is -2.17. The van der Waals surface area contributed by atoms with Crippen LogP contribution in [-0.2, 0) is 26.3 Å². The number of nitrogens with one attached hydrogen (secondary N) is 1. The topological polar surface area (TPSA) is 87.5 Å². The van der Waals surface area contributed by atoms with Crippen molar-refractivity contribution in [2.24, 2.45) is 0 Å². The van der Waals surface area contributed by atoms with E-state index in [1.54, 1.807) is 21.0 Å². The first-order valence-corrected chi connectivity index (χ1v) is 14.5. The Bertz CT molecular complexity index is 1490. The average molecular weight is 585 g/mol. The van der Waals surface area contributed by atoms with Gasteiger partial charge in [0.15, 0.2) is 5.82 Å². The van der Waals surface area contributed by atoms with Gasteiger partial charge in [0.05, 0.1) is 37.6 Å². The quantitative estimate of drug-likeness (QED) is 0.106. The molecule has 0 amide bonds. The SMILES string of the molecule is CCOP(=O)(CCCNc1nc(Cl)nc2c3cc(C(F)(F)F)ccc3n(Cc3ccc(OC)cc3)c12)OCC. The summed E-state index contributed by atoms with van der Waals surface area (Å²) in [4.78, 5) is 8.67. The van der Waals surface area contributed by atoms with Gasteiger partial charge in [0.2, 0.25) is 5.28 Å². The third-order valence-corrected chi connectivity index (χ3v) is 8.39. The van der Waals surface area contributed by atoms with E-state index < -0.39 is 19.3 Å². The molecule has 0 aliphatic heterocycles. The monoisotopic (exact) mass is 584 g/mol. The Morgan fingerprint density at radius 2 is 1.74 bits per heavy atom. The number of rotatable bonds is 12. The molecule has 2 heterocycles. The zero-order valence-corrected chi connectivity index (χ0v) is 23.4. The fourth-order valence-corrected chi connectivity index (χ4v) is 6.20. The van der Waals surface area contributed by atoms with Gasteiger partial charge >= 0.3 is 13.8 Å². The second-order valence-electron chi connectivity index (χ2n) is 8.65. The minimum absolute atomic E-state index is 0.111. The second kappa shape index (κ2) is 12.1. The lowest BCUT2D eigenvalue weighted by molar-refractivity contribution is -0.137. The summed E-state index contributed by atoms with van der Waals surface area (Å²) in [6, 6.07) is 10.9. The summed E-state index contributed by atoms with van der Waals surface area (Å²) >= 11 is 6.23. The molecular weight excluding hydrogens is 556 g/mol. The number of hydrogen-bond acceptors (Lipinski definition) is 7. The maximum Gasteiger partial charge on any atom is 0.416 e. The van der Waals surface area contributed by atoms with Crippen molar-refractivity contribution in [1.82, 2.24) is 14.5 Å². The van der Waals surface area contributed by atoms with E-state index in [1.165, 1.54) is 6.07 Å². The van der Waals surface area contributed by atoms with Crippen LogP contribution in [0.15, 0.2) is 42.5 Å². The third kappa shape index (κ3) is 6.66. The Labute approximate surface area is 229 Å². The predicted molar refractivity (Wildman–Crippen MR) is 146 cm³/mol. The normalized spacial score (nSPS) is 12.4. The molecule has 39 heavy (non-hydrogen) atoms. The summed E-state index contributed by atoms with van der Waals surface area (Å²) in [6.07, 6.45) is -3.91. The largest absolute Gasteiger partial charge is 0.497 e. The molecule has 2 aromatic carbocycles. The van der Waals surface area contributed by atoms with E-state index in [2.05, 4.69) is 15.3 Å². The lowest BCUT2D eigenvalue weighted by Crippen LogP contribution is -2.10. The first-order chi connectivity index (χ1) is 18.6. The molecule has 2 aromatic heterocycles. The molecule has 4 aromatic rings. The summed E-state index contributed by atoms with van der Waals surface area (Å²) in [5, 5.41) is 3.40. The minimum Gasteiger partial charge on any atom is -0.497 e. The molecule has 0 atom stereocenters. The standard InChI is InChI=1S/C26H29ClF3N4O4P/c1-4-37-39(35,38-5-2)14-6-13-31-24-23-22(32-25(27)33-24)20-15-18(26(28,29)30)9-12-21(20)34(23)16-17-7-10-19(36-3)11-8-17/h7-12,15H,4-6,13-14,16H2,1-3H3,(H,31,32,33). The van der Waals surface area contributed by atoms with Gasteiger partial charge in [-0.3, -0.25) is 4.57 Å². The maximum atomic E-state index is 13.6. The number of nitrogens with zero attached hydrogens (tertiary/aromatic N) is 3. The number of hydrogen-bond donors (Lipinski definition) is 1. The Kier molecular flexibility index (Phi) is 9.06. The summed E-state index contributed by atoms with van der Waals surface area (Å²) < 4.78 is 71.3. The molecule has 8 nitrogen and oxygen atoms in total. The Hall–Kier alpha value is -2.85.